The molecule has 0 heterocycles. The van der Waals surface area contributed by atoms with Crippen molar-refractivity contribution in [2.75, 3.05) is 24.7 Å². The number of hydrogen-bond acceptors (Lipinski definition) is 6. The van der Waals surface area contributed by atoms with Gasteiger partial charge in [0.2, 0.25) is 0 Å². The Morgan fingerprint density at radius 1 is 1.16 bits per heavy atom. The molecule has 0 saturated carbocycles. The Morgan fingerprint density at radius 2 is 1.76 bits per heavy atom. The van der Waals surface area contributed by atoms with Gasteiger partial charge < -0.3 is 20.6 Å². The van der Waals surface area contributed by atoms with Crippen LogP contribution in [0.1, 0.15) is 27.2 Å². The Labute approximate surface area is 146 Å². The fourth-order valence-corrected chi connectivity index (χ4v) is 2.38. The monoisotopic (exact) mass is 345 g/mol. The maximum absolute atomic E-state index is 12.1. The van der Waals surface area contributed by atoms with Crippen LogP contribution in [0.2, 0.25) is 0 Å². The summed E-state index contributed by atoms with van der Waals surface area (Å²) < 4.78 is 0. The third-order valence-electron chi connectivity index (χ3n) is 3.56. The molecule has 1 aliphatic rings. The van der Waals surface area contributed by atoms with E-state index >= 15 is 0 Å². The van der Waals surface area contributed by atoms with Crippen LogP contribution < -0.4 is 21.5 Å². The minimum Gasteiger partial charge on any atom is -0.511 e. The molecule has 1 aliphatic carbocycles. The fourth-order valence-electron chi connectivity index (χ4n) is 2.38. The van der Waals surface area contributed by atoms with Crippen LogP contribution in [-0.4, -0.2) is 35.5 Å². The molecule has 0 aliphatic heterocycles. The van der Waals surface area contributed by atoms with Gasteiger partial charge >= 0.3 is 0 Å². The minimum absolute atomic E-state index is 0.0513. The smallest absolute Gasteiger partial charge is 0.256 e. The predicted molar refractivity (Wildman–Crippen MR) is 98.5 cm³/mol. The summed E-state index contributed by atoms with van der Waals surface area (Å²) in [5.74, 6) is -0.414. The summed E-state index contributed by atoms with van der Waals surface area (Å²) in [6.45, 7) is 5.65. The lowest BCUT2D eigenvalue weighted by Crippen LogP contribution is -2.41. The number of aliphatic hydroxyl groups is 1. The number of carbonyl (C=O) groups is 1. The van der Waals surface area contributed by atoms with Crippen molar-refractivity contribution in [2.24, 2.45) is 0 Å². The third-order valence-corrected chi connectivity index (χ3v) is 3.56. The second-order valence-corrected chi connectivity index (χ2v) is 7.20. The number of hydrogen-bond donors (Lipinski definition) is 3. The van der Waals surface area contributed by atoms with Crippen molar-refractivity contribution in [2.45, 2.75) is 32.7 Å². The fraction of sp³-hybridized carbons (Fsp3) is 0.389. The lowest BCUT2D eigenvalue weighted by atomic mass is 10.1. The van der Waals surface area contributed by atoms with Crippen molar-refractivity contribution in [1.29, 1.82) is 0 Å². The Morgan fingerprint density at radius 3 is 2.32 bits per heavy atom. The van der Waals surface area contributed by atoms with E-state index in [4.69, 9.17) is 0 Å². The molecule has 0 spiro atoms. The van der Waals surface area contributed by atoms with Gasteiger partial charge in [-0.1, -0.05) is 6.08 Å². The van der Waals surface area contributed by atoms with Gasteiger partial charge in [-0.25, -0.2) is 0 Å². The summed E-state index contributed by atoms with van der Waals surface area (Å²) in [6, 6.07) is 0. The highest BCUT2D eigenvalue weighted by Crippen LogP contribution is 2.25. The predicted octanol–water partition coefficient (Wildman–Crippen LogP) is 1.65. The first-order valence-corrected chi connectivity index (χ1v) is 7.91. The maximum atomic E-state index is 12.1. The molecule has 7 nitrogen and oxygen atoms in total. The van der Waals surface area contributed by atoms with E-state index in [2.05, 4.69) is 10.6 Å². The Balaban J connectivity index is 2.24. The van der Waals surface area contributed by atoms with Gasteiger partial charge in [-0.05, 0) is 32.9 Å². The standard InChI is InChI=1S/C18H23N3O4/c1-18(2,3)20-14-13(15(23)16(14)24)19-10-7-6-8-11(12(22)9-10)17(25)21(4)5/h6-8,19-20,22H,9H2,1-5H3. The van der Waals surface area contributed by atoms with Crippen molar-refractivity contribution < 1.29 is 9.90 Å². The van der Waals surface area contributed by atoms with E-state index < -0.39 is 10.9 Å². The molecule has 25 heavy (non-hydrogen) atoms. The van der Waals surface area contributed by atoms with Crippen molar-refractivity contribution in [1.82, 2.24) is 4.90 Å². The first-order valence-electron chi connectivity index (χ1n) is 7.91. The van der Waals surface area contributed by atoms with Crippen molar-refractivity contribution in [3.8, 4) is 0 Å². The number of likely N-dealkylation sites (N-methyl/N-ethyl adjacent to an activating group) is 1. The SMILES string of the molecule is CN(C)C(=O)C1=C(O)CC(Nc2c(NC(C)(C)C)c(=O)c2=O)=CC=C1. The number of allylic oxidation sites excluding steroid dienone is 2. The molecule has 0 unspecified atom stereocenters. The van der Waals surface area contributed by atoms with E-state index in [0.717, 1.165) is 0 Å². The third kappa shape index (κ3) is 3.99. The average Bonchev–Trinajstić information content (AvgIpc) is 2.69. The Kier molecular flexibility index (Phi) is 4.87. The second-order valence-electron chi connectivity index (χ2n) is 7.20. The Hall–Kier alpha value is -2.83. The molecule has 0 aromatic heterocycles. The topological polar surface area (TPSA) is 98.7 Å². The number of rotatable bonds is 4. The van der Waals surface area contributed by atoms with E-state index in [1.165, 1.54) is 11.0 Å². The lowest BCUT2D eigenvalue weighted by molar-refractivity contribution is -0.124. The number of amides is 1. The average molecular weight is 345 g/mol. The zero-order valence-electron chi connectivity index (χ0n) is 15.1. The quantitative estimate of drug-likeness (QED) is 0.718. The van der Waals surface area contributed by atoms with Crippen LogP contribution in [0, 0.1) is 0 Å². The molecule has 1 aromatic carbocycles. The molecule has 1 aromatic rings. The summed E-state index contributed by atoms with van der Waals surface area (Å²) in [5.41, 5.74) is -0.423. The highest BCUT2D eigenvalue weighted by Gasteiger charge is 2.26. The number of nitrogens with one attached hydrogen (secondary N) is 2. The molecule has 2 rings (SSSR count). The van der Waals surface area contributed by atoms with Gasteiger partial charge in [0, 0.05) is 31.8 Å². The van der Waals surface area contributed by atoms with Gasteiger partial charge in [0.1, 0.15) is 17.1 Å². The molecule has 7 heteroatoms. The normalized spacial score (nSPS) is 15.0. The summed E-state index contributed by atoms with van der Waals surface area (Å²) in [7, 11) is 3.20. The van der Waals surface area contributed by atoms with Crippen molar-refractivity contribution in [3.05, 3.63) is 55.7 Å². The molecule has 0 saturated heterocycles. The van der Waals surface area contributed by atoms with Gasteiger partial charge in [-0.3, -0.25) is 14.4 Å². The molecule has 0 fully saturated rings. The lowest BCUT2D eigenvalue weighted by Gasteiger charge is -2.25. The summed E-state index contributed by atoms with van der Waals surface area (Å²) in [4.78, 5) is 37.1. The molecule has 134 valence electrons. The maximum Gasteiger partial charge on any atom is 0.256 e. The number of nitrogens with zero attached hydrogens (tertiary/aromatic N) is 1. The summed E-state index contributed by atoms with van der Waals surface area (Å²) in [5, 5.41) is 16.1. The van der Waals surface area contributed by atoms with Gasteiger partial charge in [0.05, 0.1) is 5.57 Å². The first kappa shape index (κ1) is 18.5. The van der Waals surface area contributed by atoms with E-state index in [1.54, 1.807) is 26.2 Å². The van der Waals surface area contributed by atoms with Crippen molar-refractivity contribution >= 4 is 17.3 Å². The van der Waals surface area contributed by atoms with Crippen LogP contribution in [0.3, 0.4) is 0 Å². The van der Waals surface area contributed by atoms with Crippen LogP contribution >= 0.6 is 0 Å². The van der Waals surface area contributed by atoms with Gasteiger partial charge in [-0.15, -0.1) is 0 Å². The molecule has 3 N–H and O–H groups in total. The largest absolute Gasteiger partial charge is 0.511 e. The van der Waals surface area contributed by atoms with Gasteiger partial charge in [0.25, 0.3) is 16.8 Å². The molecule has 0 atom stereocenters. The van der Waals surface area contributed by atoms with E-state index in [1.807, 2.05) is 20.8 Å². The van der Waals surface area contributed by atoms with E-state index in [-0.39, 0.29) is 40.6 Å². The van der Waals surface area contributed by atoms with Gasteiger partial charge in [-0.2, -0.15) is 0 Å². The summed E-state index contributed by atoms with van der Waals surface area (Å²) in [6.07, 6.45) is 4.84. The van der Waals surface area contributed by atoms with Gasteiger partial charge in [0.15, 0.2) is 0 Å². The Bertz CT molecular complexity index is 860. The van der Waals surface area contributed by atoms with Crippen LogP contribution in [0.25, 0.3) is 0 Å². The second kappa shape index (κ2) is 6.58. The first-order chi connectivity index (χ1) is 11.5. The zero-order chi connectivity index (χ0) is 18.9. The highest BCUT2D eigenvalue weighted by atomic mass is 16.3. The number of carbonyl (C=O) groups excluding carboxylic acids is 1. The van der Waals surface area contributed by atoms with Crippen LogP contribution in [0.4, 0.5) is 11.4 Å². The van der Waals surface area contributed by atoms with Crippen LogP contribution in [-0.2, 0) is 4.79 Å². The number of aliphatic hydroxyl groups excluding tert-OH is 1. The molecular formula is C18H23N3O4. The van der Waals surface area contributed by atoms with E-state index in [0.29, 0.717) is 5.70 Å². The zero-order valence-corrected chi connectivity index (χ0v) is 15.1. The molecular weight excluding hydrogens is 322 g/mol. The molecule has 1 amide bonds. The molecule has 0 bridgehead atoms. The minimum atomic E-state index is -0.603. The molecule has 0 radical (unpaired) electrons. The van der Waals surface area contributed by atoms with Crippen molar-refractivity contribution in [3.63, 3.8) is 0 Å². The summed E-state index contributed by atoms with van der Waals surface area (Å²) >= 11 is 0. The van der Waals surface area contributed by atoms with Crippen LogP contribution in [0.15, 0.2) is 44.8 Å². The van der Waals surface area contributed by atoms with Crippen LogP contribution in [0.5, 0.6) is 0 Å². The number of anilines is 2. The van der Waals surface area contributed by atoms with E-state index in [9.17, 15) is 19.5 Å². The highest BCUT2D eigenvalue weighted by molar-refractivity contribution is 5.96.